The molecule has 4 heteroatoms. The second-order valence-corrected chi connectivity index (χ2v) is 6.53. The molecule has 0 aromatic heterocycles. The van der Waals surface area contributed by atoms with E-state index in [1.165, 1.54) is 25.7 Å². The average molecular weight is 324 g/mol. The summed E-state index contributed by atoms with van der Waals surface area (Å²) in [6.07, 6.45) is 5.08. The number of anilines is 1. The van der Waals surface area contributed by atoms with Crippen LogP contribution in [0.3, 0.4) is 0 Å². The van der Waals surface area contributed by atoms with Crippen molar-refractivity contribution in [2.24, 2.45) is 11.7 Å². The van der Waals surface area contributed by atoms with Gasteiger partial charge < -0.3 is 10.6 Å². The van der Waals surface area contributed by atoms with Gasteiger partial charge in [-0.1, -0.05) is 35.7 Å². The van der Waals surface area contributed by atoms with E-state index in [1.807, 2.05) is 12.1 Å². The van der Waals surface area contributed by atoms with Crippen molar-refractivity contribution in [2.75, 3.05) is 11.9 Å². The van der Waals surface area contributed by atoms with E-state index < -0.39 is 0 Å². The summed E-state index contributed by atoms with van der Waals surface area (Å²) < 4.78 is 1.03. The first-order chi connectivity index (χ1) is 8.99. The number of nitrogen functional groups attached to an aromatic ring is 1. The molecule has 0 saturated heterocycles. The molecule has 19 heavy (non-hydrogen) atoms. The summed E-state index contributed by atoms with van der Waals surface area (Å²) in [5, 5.41) is 7.73. The lowest BCUT2D eigenvalue weighted by atomic mass is 9.86. The molecule has 1 saturated carbocycles. The Morgan fingerprint density at radius 1 is 1.42 bits per heavy atom. The van der Waals surface area contributed by atoms with Crippen molar-refractivity contribution in [3.63, 3.8) is 0 Å². The minimum absolute atomic E-state index is 0.137. The van der Waals surface area contributed by atoms with Gasteiger partial charge >= 0.3 is 0 Å². The Morgan fingerprint density at radius 2 is 2.16 bits per heavy atom. The monoisotopic (exact) mass is 323 g/mol. The van der Waals surface area contributed by atoms with Crippen molar-refractivity contribution in [2.45, 2.75) is 38.6 Å². The highest BCUT2D eigenvalue weighted by molar-refractivity contribution is 9.10. The van der Waals surface area contributed by atoms with Crippen molar-refractivity contribution in [1.82, 2.24) is 0 Å². The van der Waals surface area contributed by atoms with E-state index in [0.717, 1.165) is 21.6 Å². The summed E-state index contributed by atoms with van der Waals surface area (Å²) in [6, 6.07) is 6.48. The Hall–Kier alpha value is -1.03. The number of nitrogens with zero attached hydrogens (tertiary/aromatic N) is 1. The summed E-state index contributed by atoms with van der Waals surface area (Å²) in [6.45, 7) is 2.33. The molecule has 0 amide bonds. The molecule has 0 radical (unpaired) electrons. The Morgan fingerprint density at radius 3 is 2.79 bits per heavy atom. The van der Waals surface area contributed by atoms with Crippen LogP contribution in [0.1, 0.15) is 38.2 Å². The van der Waals surface area contributed by atoms with Crippen molar-refractivity contribution < 1.29 is 0 Å². The molecule has 2 unspecified atom stereocenters. The van der Waals surface area contributed by atoms with Gasteiger partial charge in [0.25, 0.3) is 0 Å². The van der Waals surface area contributed by atoms with Gasteiger partial charge in [-0.05, 0) is 37.0 Å². The van der Waals surface area contributed by atoms with Crippen LogP contribution in [0.15, 0.2) is 22.7 Å². The van der Waals surface area contributed by atoms with Crippen molar-refractivity contribution in [1.29, 1.82) is 5.41 Å². The van der Waals surface area contributed by atoms with Crippen molar-refractivity contribution in [3.8, 4) is 0 Å². The van der Waals surface area contributed by atoms with Gasteiger partial charge in [0.15, 0.2) is 0 Å². The highest BCUT2D eigenvalue weighted by Gasteiger charge is 2.24. The number of halogens is 1. The fourth-order valence-corrected chi connectivity index (χ4v) is 3.32. The van der Waals surface area contributed by atoms with E-state index in [1.54, 1.807) is 0 Å². The Kier molecular flexibility index (Phi) is 4.50. The number of amidine groups is 1. The third kappa shape index (κ3) is 3.30. The van der Waals surface area contributed by atoms with Crippen LogP contribution < -0.4 is 10.6 Å². The van der Waals surface area contributed by atoms with Gasteiger partial charge in [0.1, 0.15) is 5.84 Å². The molecule has 1 aliphatic rings. The summed E-state index contributed by atoms with van der Waals surface area (Å²) in [5.41, 5.74) is 7.58. The maximum Gasteiger partial charge on any atom is 0.124 e. The highest BCUT2D eigenvalue weighted by Crippen LogP contribution is 2.32. The van der Waals surface area contributed by atoms with E-state index in [4.69, 9.17) is 11.1 Å². The van der Waals surface area contributed by atoms with Crippen molar-refractivity contribution in [3.05, 3.63) is 28.2 Å². The topological polar surface area (TPSA) is 53.1 Å². The summed E-state index contributed by atoms with van der Waals surface area (Å²) >= 11 is 3.51. The smallest absolute Gasteiger partial charge is 0.124 e. The minimum atomic E-state index is 0.137. The van der Waals surface area contributed by atoms with Crippen LogP contribution in [0, 0.1) is 11.3 Å². The van der Waals surface area contributed by atoms with Gasteiger partial charge in [-0.2, -0.15) is 0 Å². The van der Waals surface area contributed by atoms with Crippen LogP contribution in [0.4, 0.5) is 5.69 Å². The van der Waals surface area contributed by atoms with Crippen LogP contribution in [-0.4, -0.2) is 18.9 Å². The van der Waals surface area contributed by atoms with Gasteiger partial charge in [0.05, 0.1) is 0 Å². The fourth-order valence-electron chi connectivity index (χ4n) is 2.97. The SMILES string of the molecule is CC1CCCC(N(C)c2cc(Br)ccc2C(=N)N)C1. The third-order valence-corrected chi connectivity index (χ3v) is 4.58. The maximum absolute atomic E-state index is 7.73. The number of nitrogens with one attached hydrogen (secondary N) is 1. The maximum atomic E-state index is 7.73. The molecular formula is C15H22BrN3. The lowest BCUT2D eigenvalue weighted by Gasteiger charge is -2.36. The third-order valence-electron chi connectivity index (χ3n) is 4.09. The number of rotatable bonds is 3. The molecule has 0 bridgehead atoms. The lowest BCUT2D eigenvalue weighted by Crippen LogP contribution is -2.36. The van der Waals surface area contributed by atoms with Gasteiger partial charge in [-0.15, -0.1) is 0 Å². The first kappa shape index (κ1) is 14.4. The molecule has 1 fully saturated rings. The molecule has 1 aromatic rings. The van der Waals surface area contributed by atoms with Crippen LogP contribution in [0.2, 0.25) is 0 Å². The Labute approximate surface area is 123 Å². The largest absolute Gasteiger partial charge is 0.384 e. The second kappa shape index (κ2) is 5.95. The van der Waals surface area contributed by atoms with E-state index in [2.05, 4.69) is 40.9 Å². The number of benzene rings is 1. The van der Waals surface area contributed by atoms with Gasteiger partial charge in [-0.25, -0.2) is 0 Å². The number of hydrogen-bond donors (Lipinski definition) is 2. The van der Waals surface area contributed by atoms with E-state index in [9.17, 15) is 0 Å². The standard InChI is InChI=1S/C15H22BrN3/c1-10-4-3-5-12(8-10)19(2)14-9-11(16)6-7-13(14)15(17)18/h6-7,9-10,12H,3-5,8H2,1-2H3,(H3,17,18). The average Bonchev–Trinajstić information content (AvgIpc) is 2.37. The zero-order valence-corrected chi connectivity index (χ0v) is 13.2. The predicted octanol–water partition coefficient (Wildman–Crippen LogP) is 3.75. The van der Waals surface area contributed by atoms with E-state index in [-0.39, 0.29) is 5.84 Å². The molecule has 0 spiro atoms. The first-order valence-corrected chi connectivity index (χ1v) is 7.65. The molecule has 3 N–H and O–H groups in total. The minimum Gasteiger partial charge on any atom is -0.384 e. The molecule has 104 valence electrons. The van der Waals surface area contributed by atoms with Crippen molar-refractivity contribution >= 4 is 27.5 Å². The fraction of sp³-hybridized carbons (Fsp3) is 0.533. The Balaban J connectivity index is 2.29. The highest BCUT2D eigenvalue weighted by atomic mass is 79.9. The summed E-state index contributed by atoms with van der Waals surface area (Å²) in [4.78, 5) is 2.30. The molecular weight excluding hydrogens is 302 g/mol. The van der Waals surface area contributed by atoms with Crippen LogP contribution >= 0.6 is 15.9 Å². The predicted molar refractivity (Wildman–Crippen MR) is 85.0 cm³/mol. The molecule has 0 aliphatic heterocycles. The molecule has 3 nitrogen and oxygen atoms in total. The van der Waals surface area contributed by atoms with Crippen LogP contribution in [0.5, 0.6) is 0 Å². The zero-order chi connectivity index (χ0) is 14.0. The van der Waals surface area contributed by atoms with Gasteiger partial charge in [0.2, 0.25) is 0 Å². The first-order valence-electron chi connectivity index (χ1n) is 6.86. The molecule has 1 aromatic carbocycles. The number of hydrogen-bond acceptors (Lipinski definition) is 2. The molecule has 0 heterocycles. The molecule has 2 atom stereocenters. The van der Waals surface area contributed by atoms with Gasteiger partial charge in [-0.3, -0.25) is 5.41 Å². The Bertz CT molecular complexity index is 472. The zero-order valence-electron chi connectivity index (χ0n) is 11.6. The lowest BCUT2D eigenvalue weighted by molar-refractivity contribution is 0.336. The van der Waals surface area contributed by atoms with Crippen LogP contribution in [0.25, 0.3) is 0 Å². The van der Waals surface area contributed by atoms with Gasteiger partial charge in [0, 0.05) is 28.8 Å². The number of nitrogens with two attached hydrogens (primary N) is 1. The van der Waals surface area contributed by atoms with E-state index >= 15 is 0 Å². The normalized spacial score (nSPS) is 23.1. The quantitative estimate of drug-likeness (QED) is 0.657. The molecule has 1 aliphatic carbocycles. The van der Waals surface area contributed by atoms with Crippen LogP contribution in [-0.2, 0) is 0 Å². The van der Waals surface area contributed by atoms with E-state index in [0.29, 0.717) is 6.04 Å². The second-order valence-electron chi connectivity index (χ2n) is 5.61. The summed E-state index contributed by atoms with van der Waals surface area (Å²) in [7, 11) is 2.12. The summed E-state index contributed by atoms with van der Waals surface area (Å²) in [5.74, 6) is 0.923. The molecule has 2 rings (SSSR count).